The van der Waals surface area contributed by atoms with E-state index in [1.54, 1.807) is 7.11 Å². The van der Waals surface area contributed by atoms with Gasteiger partial charge in [0.05, 0.1) is 31.8 Å². The van der Waals surface area contributed by atoms with E-state index in [0.29, 0.717) is 26.4 Å². The van der Waals surface area contributed by atoms with Crippen LogP contribution in [-0.4, -0.2) is 43.0 Å². The van der Waals surface area contributed by atoms with E-state index in [9.17, 15) is 0 Å². The van der Waals surface area contributed by atoms with E-state index in [2.05, 4.69) is 4.98 Å². The Labute approximate surface area is 90.2 Å². The lowest BCUT2D eigenvalue weighted by molar-refractivity contribution is 0.0666. The number of imidazole rings is 1. The molecule has 1 aromatic rings. The van der Waals surface area contributed by atoms with Crippen molar-refractivity contribution in [1.29, 1.82) is 0 Å². The van der Waals surface area contributed by atoms with Crippen molar-refractivity contribution in [3.63, 3.8) is 0 Å². The van der Waals surface area contributed by atoms with Gasteiger partial charge in [0.1, 0.15) is 0 Å². The van der Waals surface area contributed by atoms with Crippen LogP contribution in [0.4, 0.5) is 0 Å². The van der Waals surface area contributed by atoms with Crippen LogP contribution in [0.3, 0.4) is 0 Å². The third-order valence-electron chi connectivity index (χ3n) is 2.01. The zero-order valence-electron chi connectivity index (χ0n) is 9.19. The summed E-state index contributed by atoms with van der Waals surface area (Å²) in [6.07, 6.45) is 4.65. The number of hydrogen-bond donors (Lipinski definition) is 1. The highest BCUT2D eigenvalue weighted by atomic mass is 16.5. The first-order valence-corrected chi connectivity index (χ1v) is 5.14. The van der Waals surface area contributed by atoms with E-state index in [4.69, 9.17) is 15.2 Å². The molecular weight excluding hydrogens is 194 g/mol. The fourth-order valence-corrected chi connectivity index (χ4v) is 1.22. The van der Waals surface area contributed by atoms with Crippen LogP contribution in [0, 0.1) is 0 Å². The average Bonchev–Trinajstić information content (AvgIpc) is 2.66. The van der Waals surface area contributed by atoms with Gasteiger partial charge in [-0.05, 0) is 6.54 Å². The van der Waals surface area contributed by atoms with Crippen molar-refractivity contribution >= 4 is 0 Å². The van der Waals surface area contributed by atoms with Crippen molar-refractivity contribution in [3.05, 3.63) is 18.2 Å². The molecule has 1 rings (SSSR count). The SMILES string of the molecule is COCCOCCn1cnc(CCN)c1. The van der Waals surface area contributed by atoms with Crippen molar-refractivity contribution in [2.24, 2.45) is 5.73 Å². The quantitative estimate of drug-likeness (QED) is 0.620. The van der Waals surface area contributed by atoms with Gasteiger partial charge in [0.25, 0.3) is 0 Å². The highest BCUT2D eigenvalue weighted by Crippen LogP contribution is 1.96. The Morgan fingerprint density at radius 1 is 1.40 bits per heavy atom. The van der Waals surface area contributed by atoms with Crippen LogP contribution in [0.25, 0.3) is 0 Å². The summed E-state index contributed by atoms with van der Waals surface area (Å²) in [4.78, 5) is 4.22. The molecule has 15 heavy (non-hydrogen) atoms. The van der Waals surface area contributed by atoms with Gasteiger partial charge in [-0.1, -0.05) is 0 Å². The number of nitrogens with zero attached hydrogens (tertiary/aromatic N) is 2. The molecule has 1 heterocycles. The Hall–Kier alpha value is -0.910. The molecule has 0 aliphatic rings. The van der Waals surface area contributed by atoms with Crippen LogP contribution in [0.5, 0.6) is 0 Å². The zero-order valence-corrected chi connectivity index (χ0v) is 9.19. The molecule has 0 bridgehead atoms. The lowest BCUT2D eigenvalue weighted by atomic mass is 10.3. The summed E-state index contributed by atoms with van der Waals surface area (Å²) in [6, 6.07) is 0. The van der Waals surface area contributed by atoms with E-state index < -0.39 is 0 Å². The molecule has 0 saturated heterocycles. The molecule has 0 spiro atoms. The van der Waals surface area contributed by atoms with Crippen molar-refractivity contribution in [2.45, 2.75) is 13.0 Å². The Bertz CT molecular complexity index is 263. The van der Waals surface area contributed by atoms with E-state index in [0.717, 1.165) is 18.7 Å². The molecule has 0 atom stereocenters. The monoisotopic (exact) mass is 213 g/mol. The van der Waals surface area contributed by atoms with Gasteiger partial charge in [-0.25, -0.2) is 4.98 Å². The molecule has 0 fully saturated rings. The van der Waals surface area contributed by atoms with Gasteiger partial charge in [0, 0.05) is 26.3 Å². The maximum atomic E-state index is 5.44. The van der Waals surface area contributed by atoms with Crippen LogP contribution in [0.1, 0.15) is 5.69 Å². The van der Waals surface area contributed by atoms with Gasteiger partial charge in [-0.2, -0.15) is 0 Å². The second-order valence-electron chi connectivity index (χ2n) is 3.25. The molecule has 2 N–H and O–H groups in total. The van der Waals surface area contributed by atoms with Crippen molar-refractivity contribution in [2.75, 3.05) is 33.5 Å². The van der Waals surface area contributed by atoms with E-state index in [-0.39, 0.29) is 0 Å². The maximum Gasteiger partial charge on any atom is 0.0950 e. The minimum absolute atomic E-state index is 0.640. The molecule has 0 saturated carbocycles. The van der Waals surface area contributed by atoms with E-state index >= 15 is 0 Å². The maximum absolute atomic E-state index is 5.44. The second kappa shape index (κ2) is 7.39. The van der Waals surface area contributed by atoms with Gasteiger partial charge in [-0.3, -0.25) is 0 Å². The number of hydrogen-bond acceptors (Lipinski definition) is 4. The molecular formula is C10H19N3O2. The largest absolute Gasteiger partial charge is 0.382 e. The molecule has 0 amide bonds. The average molecular weight is 213 g/mol. The highest BCUT2D eigenvalue weighted by molar-refractivity contribution is 4.96. The minimum Gasteiger partial charge on any atom is -0.382 e. The predicted octanol–water partition coefficient (Wildman–Crippen LogP) is 0.0473. The first-order chi connectivity index (χ1) is 7.36. The van der Waals surface area contributed by atoms with Gasteiger partial charge >= 0.3 is 0 Å². The molecule has 1 aromatic heterocycles. The molecule has 0 aliphatic carbocycles. The summed E-state index contributed by atoms with van der Waals surface area (Å²) in [5, 5.41) is 0. The molecule has 0 unspecified atom stereocenters. The summed E-state index contributed by atoms with van der Waals surface area (Å²) in [5.41, 5.74) is 6.47. The summed E-state index contributed by atoms with van der Waals surface area (Å²) >= 11 is 0. The Morgan fingerprint density at radius 2 is 2.27 bits per heavy atom. The number of nitrogens with two attached hydrogens (primary N) is 1. The summed E-state index contributed by atoms with van der Waals surface area (Å²) in [7, 11) is 1.67. The number of aromatic nitrogens is 2. The number of rotatable bonds is 8. The lowest BCUT2D eigenvalue weighted by Gasteiger charge is -2.03. The Kier molecular flexibility index (Phi) is 5.99. The minimum atomic E-state index is 0.640. The van der Waals surface area contributed by atoms with Crippen LogP contribution >= 0.6 is 0 Å². The third-order valence-corrected chi connectivity index (χ3v) is 2.01. The van der Waals surface area contributed by atoms with Crippen LogP contribution in [-0.2, 0) is 22.4 Å². The molecule has 5 heteroatoms. The van der Waals surface area contributed by atoms with Crippen LogP contribution in [0.15, 0.2) is 12.5 Å². The summed E-state index contributed by atoms with van der Waals surface area (Å²) in [5.74, 6) is 0. The zero-order chi connectivity index (χ0) is 10.9. The topological polar surface area (TPSA) is 62.3 Å². The molecule has 0 aromatic carbocycles. The molecule has 0 aliphatic heterocycles. The van der Waals surface area contributed by atoms with Gasteiger partial charge < -0.3 is 19.8 Å². The number of methoxy groups -OCH3 is 1. The van der Waals surface area contributed by atoms with Crippen molar-refractivity contribution < 1.29 is 9.47 Å². The first-order valence-electron chi connectivity index (χ1n) is 5.14. The molecule has 86 valence electrons. The Balaban J connectivity index is 2.14. The van der Waals surface area contributed by atoms with Crippen molar-refractivity contribution in [3.8, 4) is 0 Å². The fourth-order valence-electron chi connectivity index (χ4n) is 1.22. The van der Waals surface area contributed by atoms with Gasteiger partial charge in [0.15, 0.2) is 0 Å². The van der Waals surface area contributed by atoms with E-state index in [1.807, 2.05) is 17.1 Å². The second-order valence-corrected chi connectivity index (χ2v) is 3.25. The third kappa shape index (κ3) is 4.92. The highest BCUT2D eigenvalue weighted by Gasteiger charge is 1.97. The number of ether oxygens (including phenoxy) is 2. The fraction of sp³-hybridized carbons (Fsp3) is 0.700. The normalized spacial score (nSPS) is 10.8. The molecule has 5 nitrogen and oxygen atoms in total. The molecule has 0 radical (unpaired) electrons. The Morgan fingerprint density at radius 3 is 3.00 bits per heavy atom. The predicted molar refractivity (Wildman–Crippen MR) is 57.7 cm³/mol. The summed E-state index contributed by atoms with van der Waals surface area (Å²) in [6.45, 7) is 3.42. The van der Waals surface area contributed by atoms with Crippen molar-refractivity contribution in [1.82, 2.24) is 9.55 Å². The van der Waals surface area contributed by atoms with Crippen LogP contribution in [0.2, 0.25) is 0 Å². The van der Waals surface area contributed by atoms with Gasteiger partial charge in [0.2, 0.25) is 0 Å². The van der Waals surface area contributed by atoms with Crippen LogP contribution < -0.4 is 5.73 Å². The van der Waals surface area contributed by atoms with Gasteiger partial charge in [-0.15, -0.1) is 0 Å². The summed E-state index contributed by atoms with van der Waals surface area (Å²) < 4.78 is 12.2. The smallest absolute Gasteiger partial charge is 0.0950 e. The first kappa shape index (κ1) is 12.2. The van der Waals surface area contributed by atoms with E-state index in [1.165, 1.54) is 0 Å². The lowest BCUT2D eigenvalue weighted by Crippen LogP contribution is -2.08. The standard InChI is InChI=1S/C10H19N3O2/c1-14-6-7-15-5-4-13-8-10(2-3-11)12-9-13/h8-9H,2-7,11H2,1H3.